The van der Waals surface area contributed by atoms with Crippen molar-refractivity contribution in [2.45, 2.75) is 63.5 Å². The maximum atomic E-state index is 14.0. The molecule has 6 nitrogen and oxygen atoms in total. The van der Waals surface area contributed by atoms with Gasteiger partial charge >= 0.3 is 0 Å². The number of nitrogens with one attached hydrogen (secondary N) is 2. The van der Waals surface area contributed by atoms with Crippen LogP contribution in [0.1, 0.15) is 67.3 Å². The SMILES string of the molecule is CC[C@H](CN1CC[C@@H](CNC(=O)c2ccccc2-c2ccc(Cl)cc2)N[C@@H](CCN2CCCCC2)C1=O)c1ccccc1. The third-order valence-corrected chi connectivity index (χ3v) is 9.27. The molecule has 2 fully saturated rings. The van der Waals surface area contributed by atoms with Crippen LogP contribution in [0.5, 0.6) is 0 Å². The smallest absolute Gasteiger partial charge is 0.251 e. The molecule has 5 rings (SSSR count). The molecule has 2 aliphatic heterocycles. The Morgan fingerprint density at radius 3 is 2.42 bits per heavy atom. The van der Waals surface area contributed by atoms with Gasteiger partial charge in [-0.2, -0.15) is 0 Å². The van der Waals surface area contributed by atoms with Crippen LogP contribution in [0.25, 0.3) is 11.1 Å². The molecule has 3 aromatic carbocycles. The molecule has 7 heteroatoms. The molecule has 0 aromatic heterocycles. The summed E-state index contributed by atoms with van der Waals surface area (Å²) in [5.74, 6) is 0.376. The van der Waals surface area contributed by atoms with Crippen LogP contribution in [0.3, 0.4) is 0 Å². The van der Waals surface area contributed by atoms with Crippen molar-refractivity contribution < 1.29 is 9.59 Å². The lowest BCUT2D eigenvalue weighted by molar-refractivity contribution is -0.133. The molecule has 0 unspecified atom stereocenters. The lowest BCUT2D eigenvalue weighted by atomic mass is 9.95. The van der Waals surface area contributed by atoms with E-state index in [1.54, 1.807) is 0 Å². The van der Waals surface area contributed by atoms with Crippen LogP contribution in [0.15, 0.2) is 78.9 Å². The van der Waals surface area contributed by atoms with Crippen molar-refractivity contribution in [3.05, 3.63) is 95.0 Å². The third kappa shape index (κ3) is 8.47. The van der Waals surface area contributed by atoms with Gasteiger partial charge < -0.3 is 20.4 Å². The van der Waals surface area contributed by atoms with Gasteiger partial charge in [-0.15, -0.1) is 0 Å². The zero-order valence-electron chi connectivity index (χ0n) is 25.3. The molecule has 2 amide bonds. The Morgan fingerprint density at radius 2 is 1.67 bits per heavy atom. The minimum Gasteiger partial charge on any atom is -0.350 e. The van der Waals surface area contributed by atoms with Crippen LogP contribution in [0.2, 0.25) is 5.02 Å². The highest BCUT2D eigenvalue weighted by atomic mass is 35.5. The van der Waals surface area contributed by atoms with Crippen molar-refractivity contribution in [3.8, 4) is 11.1 Å². The maximum absolute atomic E-state index is 14.0. The van der Waals surface area contributed by atoms with Crippen LogP contribution in [0.4, 0.5) is 0 Å². The highest BCUT2D eigenvalue weighted by molar-refractivity contribution is 6.30. The number of benzene rings is 3. The molecule has 0 radical (unpaired) electrons. The summed E-state index contributed by atoms with van der Waals surface area (Å²) >= 11 is 6.10. The topological polar surface area (TPSA) is 64.7 Å². The first-order valence-corrected chi connectivity index (χ1v) is 16.3. The second-order valence-corrected chi connectivity index (χ2v) is 12.4. The summed E-state index contributed by atoms with van der Waals surface area (Å²) in [6, 6.07) is 25.5. The lowest BCUT2D eigenvalue weighted by Crippen LogP contribution is -2.50. The number of halogens is 1. The van der Waals surface area contributed by atoms with Crippen LogP contribution in [-0.2, 0) is 4.79 Å². The Kier molecular flexibility index (Phi) is 11.3. The van der Waals surface area contributed by atoms with Gasteiger partial charge in [0, 0.05) is 48.7 Å². The van der Waals surface area contributed by atoms with Gasteiger partial charge in [0.05, 0.1) is 6.04 Å². The number of piperidine rings is 1. The molecule has 0 saturated carbocycles. The van der Waals surface area contributed by atoms with E-state index in [0.29, 0.717) is 29.6 Å². The van der Waals surface area contributed by atoms with Crippen LogP contribution in [0, 0.1) is 0 Å². The fourth-order valence-corrected chi connectivity index (χ4v) is 6.59. The van der Waals surface area contributed by atoms with E-state index in [2.05, 4.69) is 51.6 Å². The Bertz CT molecular complexity index is 1330. The molecular formula is C36H45ClN4O2. The largest absolute Gasteiger partial charge is 0.350 e. The van der Waals surface area contributed by atoms with E-state index in [-0.39, 0.29) is 23.9 Å². The number of hydrogen-bond donors (Lipinski definition) is 2. The molecule has 2 aliphatic rings. The van der Waals surface area contributed by atoms with Gasteiger partial charge in [0.15, 0.2) is 0 Å². The quantitative estimate of drug-likeness (QED) is 0.269. The average molecular weight is 601 g/mol. The van der Waals surface area contributed by atoms with Gasteiger partial charge in [0.2, 0.25) is 5.91 Å². The number of nitrogens with zero attached hydrogens (tertiary/aromatic N) is 2. The molecule has 228 valence electrons. The van der Waals surface area contributed by atoms with E-state index in [9.17, 15) is 9.59 Å². The fourth-order valence-electron chi connectivity index (χ4n) is 6.46. The van der Waals surface area contributed by atoms with Gasteiger partial charge in [0.1, 0.15) is 0 Å². The molecule has 3 atom stereocenters. The number of hydrogen-bond acceptors (Lipinski definition) is 4. The van der Waals surface area contributed by atoms with E-state index in [1.165, 1.54) is 24.8 Å². The minimum atomic E-state index is -0.263. The van der Waals surface area contributed by atoms with E-state index in [4.69, 9.17) is 11.6 Å². The normalized spacial score (nSPS) is 20.4. The molecule has 0 bridgehead atoms. The van der Waals surface area contributed by atoms with Gasteiger partial charge in [0.25, 0.3) is 5.91 Å². The molecule has 0 spiro atoms. The standard InChI is InChI=1S/C36H45ClN4O2/c1-2-27(28-11-5-3-6-12-28)26-41-24-19-31(39-34(36(41)43)20-23-40-21-9-4-10-22-40)25-38-35(42)33-14-8-7-13-32(33)29-15-17-30(37)18-16-29/h3,5-8,11-18,27,31,34,39H,2,4,9-10,19-26H2,1H3,(H,38,42)/t27-,31+,34+/m1/s1. The Labute approximate surface area is 261 Å². The van der Waals surface area contributed by atoms with Crippen LogP contribution >= 0.6 is 11.6 Å². The minimum absolute atomic E-state index is 0.00347. The van der Waals surface area contributed by atoms with Gasteiger partial charge in [-0.05, 0) is 80.1 Å². The predicted octanol–water partition coefficient (Wildman–Crippen LogP) is 6.37. The van der Waals surface area contributed by atoms with Crippen molar-refractivity contribution in [1.29, 1.82) is 0 Å². The Morgan fingerprint density at radius 1 is 0.953 bits per heavy atom. The first kappa shape index (κ1) is 31.2. The zero-order chi connectivity index (χ0) is 30.0. The van der Waals surface area contributed by atoms with Crippen molar-refractivity contribution in [1.82, 2.24) is 20.4 Å². The summed E-state index contributed by atoms with van der Waals surface area (Å²) in [4.78, 5) is 32.0. The highest BCUT2D eigenvalue weighted by Gasteiger charge is 2.32. The zero-order valence-corrected chi connectivity index (χ0v) is 26.1. The highest BCUT2D eigenvalue weighted by Crippen LogP contribution is 2.26. The second-order valence-electron chi connectivity index (χ2n) is 12.0. The number of amides is 2. The summed E-state index contributed by atoms with van der Waals surface area (Å²) in [5.41, 5.74) is 3.73. The van der Waals surface area contributed by atoms with Gasteiger partial charge in [-0.3, -0.25) is 9.59 Å². The van der Waals surface area contributed by atoms with E-state index >= 15 is 0 Å². The third-order valence-electron chi connectivity index (χ3n) is 9.02. The number of carbonyl (C=O) groups excluding carboxylic acids is 2. The van der Waals surface area contributed by atoms with Crippen molar-refractivity contribution in [2.24, 2.45) is 0 Å². The number of carbonyl (C=O) groups is 2. The molecule has 2 saturated heterocycles. The van der Waals surface area contributed by atoms with Crippen molar-refractivity contribution in [2.75, 3.05) is 39.3 Å². The first-order chi connectivity index (χ1) is 21.0. The molecule has 43 heavy (non-hydrogen) atoms. The molecule has 3 aromatic rings. The predicted molar refractivity (Wildman–Crippen MR) is 176 cm³/mol. The monoisotopic (exact) mass is 600 g/mol. The number of rotatable bonds is 11. The summed E-state index contributed by atoms with van der Waals surface area (Å²) in [5, 5.41) is 7.53. The van der Waals surface area contributed by atoms with Crippen LogP contribution < -0.4 is 10.6 Å². The summed E-state index contributed by atoms with van der Waals surface area (Å²) in [6.07, 6.45) is 6.31. The average Bonchev–Trinajstić information content (AvgIpc) is 3.20. The maximum Gasteiger partial charge on any atom is 0.251 e. The molecule has 0 aliphatic carbocycles. The molecule has 2 N–H and O–H groups in total. The van der Waals surface area contributed by atoms with Gasteiger partial charge in [-0.1, -0.05) is 85.6 Å². The fraction of sp³-hybridized carbons (Fsp3) is 0.444. The van der Waals surface area contributed by atoms with Crippen molar-refractivity contribution in [3.63, 3.8) is 0 Å². The summed E-state index contributed by atoms with van der Waals surface area (Å²) < 4.78 is 0. The number of likely N-dealkylation sites (tertiary alicyclic amines) is 1. The van der Waals surface area contributed by atoms with E-state index < -0.39 is 0 Å². The molecular weight excluding hydrogens is 556 g/mol. The summed E-state index contributed by atoms with van der Waals surface area (Å²) in [6.45, 7) is 7.20. The second kappa shape index (κ2) is 15.5. The van der Waals surface area contributed by atoms with E-state index in [0.717, 1.165) is 56.6 Å². The molecule has 2 heterocycles. The Balaban J connectivity index is 1.28. The summed E-state index contributed by atoms with van der Waals surface area (Å²) in [7, 11) is 0. The first-order valence-electron chi connectivity index (χ1n) is 16.0. The van der Waals surface area contributed by atoms with Gasteiger partial charge in [-0.25, -0.2) is 0 Å². The van der Waals surface area contributed by atoms with Crippen molar-refractivity contribution >= 4 is 23.4 Å². The van der Waals surface area contributed by atoms with E-state index in [1.807, 2.05) is 54.6 Å². The Hall–Kier alpha value is -3.19. The lowest BCUT2D eigenvalue weighted by Gasteiger charge is -2.31. The van der Waals surface area contributed by atoms with Crippen LogP contribution in [-0.4, -0.2) is 73.0 Å².